The van der Waals surface area contributed by atoms with Crippen LogP contribution in [0.1, 0.15) is 5.69 Å². The molecule has 0 unspecified atom stereocenters. The van der Waals surface area contributed by atoms with Gasteiger partial charge in [0.2, 0.25) is 0 Å². The summed E-state index contributed by atoms with van der Waals surface area (Å²) >= 11 is 0. The predicted molar refractivity (Wildman–Crippen MR) is 52.8 cm³/mol. The molecular weight excluding hydrogens is 205 g/mol. The van der Waals surface area contributed by atoms with Crippen LogP contribution in [0.5, 0.6) is 0 Å². The fourth-order valence-corrected chi connectivity index (χ4v) is 1.44. The molecule has 2 aromatic rings. The van der Waals surface area contributed by atoms with Crippen LogP contribution in [0.4, 0.5) is 18.9 Å². The quantitative estimate of drug-likeness (QED) is 0.749. The van der Waals surface area contributed by atoms with Crippen LogP contribution >= 0.6 is 0 Å². The van der Waals surface area contributed by atoms with Crippen LogP contribution in [0, 0.1) is 0 Å². The fourth-order valence-electron chi connectivity index (χ4n) is 1.44. The molecule has 2 nitrogen and oxygen atoms in total. The molecule has 0 bridgehead atoms. The average molecular weight is 214 g/mol. The zero-order chi connectivity index (χ0) is 11.1. The van der Waals surface area contributed by atoms with Crippen LogP contribution in [0.15, 0.2) is 24.3 Å². The topological polar surface area (TPSA) is 27.8 Å². The van der Waals surface area contributed by atoms with Crippen molar-refractivity contribution in [2.75, 3.05) is 12.4 Å². The van der Waals surface area contributed by atoms with Gasteiger partial charge in [0.05, 0.1) is 0 Å². The number of aromatic nitrogens is 1. The van der Waals surface area contributed by atoms with Gasteiger partial charge in [-0.2, -0.15) is 13.2 Å². The van der Waals surface area contributed by atoms with Gasteiger partial charge in [-0.05, 0) is 24.3 Å². The van der Waals surface area contributed by atoms with Crippen LogP contribution in [-0.4, -0.2) is 12.0 Å². The summed E-state index contributed by atoms with van der Waals surface area (Å²) in [7, 11) is 1.72. The molecule has 0 saturated heterocycles. The Bertz CT molecular complexity index is 485. The number of H-pyrrole nitrogens is 1. The van der Waals surface area contributed by atoms with Gasteiger partial charge in [-0.25, -0.2) is 0 Å². The maximum atomic E-state index is 12.4. The highest BCUT2D eigenvalue weighted by atomic mass is 19.4. The van der Waals surface area contributed by atoms with Gasteiger partial charge < -0.3 is 10.3 Å². The maximum absolute atomic E-state index is 12.4. The van der Waals surface area contributed by atoms with Gasteiger partial charge in [0.1, 0.15) is 5.69 Å². The Hall–Kier alpha value is -1.65. The Labute approximate surface area is 84.1 Å². The average Bonchev–Trinajstić information content (AvgIpc) is 2.59. The van der Waals surface area contributed by atoms with Crippen molar-refractivity contribution in [1.82, 2.24) is 4.98 Å². The number of fused-ring (bicyclic) bond motifs is 1. The van der Waals surface area contributed by atoms with E-state index in [0.29, 0.717) is 10.9 Å². The molecule has 2 N–H and O–H groups in total. The highest BCUT2D eigenvalue weighted by molar-refractivity contribution is 5.84. The number of anilines is 1. The lowest BCUT2D eigenvalue weighted by atomic mass is 10.2. The zero-order valence-corrected chi connectivity index (χ0v) is 7.94. The fraction of sp³-hybridized carbons (Fsp3) is 0.200. The van der Waals surface area contributed by atoms with E-state index in [2.05, 4.69) is 10.3 Å². The number of benzene rings is 1. The molecule has 0 aliphatic rings. The van der Waals surface area contributed by atoms with E-state index in [-0.39, 0.29) is 0 Å². The SMILES string of the molecule is CNc1ccc2[nH]c(C(F)(F)F)cc2c1. The summed E-state index contributed by atoms with van der Waals surface area (Å²) in [6, 6.07) is 6.12. The molecular formula is C10H9F3N2. The summed E-state index contributed by atoms with van der Waals surface area (Å²) in [6.45, 7) is 0. The minimum absolute atomic E-state index is 0.487. The van der Waals surface area contributed by atoms with E-state index in [1.165, 1.54) is 0 Å². The van der Waals surface area contributed by atoms with E-state index < -0.39 is 11.9 Å². The summed E-state index contributed by atoms with van der Waals surface area (Å²) in [5.74, 6) is 0. The normalized spacial score (nSPS) is 12.0. The van der Waals surface area contributed by atoms with Crippen molar-refractivity contribution in [2.24, 2.45) is 0 Å². The van der Waals surface area contributed by atoms with Crippen molar-refractivity contribution in [3.63, 3.8) is 0 Å². The number of nitrogens with one attached hydrogen (secondary N) is 2. The van der Waals surface area contributed by atoms with E-state index in [1.807, 2.05) is 0 Å². The van der Waals surface area contributed by atoms with Gasteiger partial charge in [-0.1, -0.05) is 0 Å². The molecule has 5 heteroatoms. The molecule has 1 heterocycles. The van der Waals surface area contributed by atoms with Crippen LogP contribution in [0.2, 0.25) is 0 Å². The van der Waals surface area contributed by atoms with Gasteiger partial charge in [-0.3, -0.25) is 0 Å². The Morgan fingerprint density at radius 1 is 1.20 bits per heavy atom. The molecule has 0 fully saturated rings. The van der Waals surface area contributed by atoms with Gasteiger partial charge in [0.15, 0.2) is 0 Å². The number of rotatable bonds is 1. The van der Waals surface area contributed by atoms with E-state index in [1.54, 1.807) is 25.2 Å². The molecule has 1 aromatic heterocycles. The first kappa shape index (κ1) is 9.89. The van der Waals surface area contributed by atoms with Crippen molar-refractivity contribution in [3.05, 3.63) is 30.0 Å². The van der Waals surface area contributed by atoms with Crippen molar-refractivity contribution in [3.8, 4) is 0 Å². The molecule has 1 aromatic carbocycles. The number of hydrogen-bond acceptors (Lipinski definition) is 1. The number of halogens is 3. The standard InChI is InChI=1S/C10H9F3N2/c1-14-7-2-3-8-6(4-7)5-9(15-8)10(11,12)13/h2-5,14-15H,1H3. The first-order valence-corrected chi connectivity index (χ1v) is 4.38. The number of aromatic amines is 1. The molecule has 0 aliphatic heterocycles. The van der Waals surface area contributed by atoms with Gasteiger partial charge in [0, 0.05) is 23.6 Å². The van der Waals surface area contributed by atoms with Crippen molar-refractivity contribution >= 4 is 16.6 Å². The summed E-state index contributed by atoms with van der Waals surface area (Å²) in [4.78, 5) is 2.33. The lowest BCUT2D eigenvalue weighted by Crippen LogP contribution is -2.04. The molecule has 0 atom stereocenters. The Kier molecular flexibility index (Phi) is 2.10. The molecule has 80 valence electrons. The molecule has 2 rings (SSSR count). The summed E-state index contributed by atoms with van der Waals surface area (Å²) < 4.78 is 37.1. The maximum Gasteiger partial charge on any atom is 0.431 e. The lowest BCUT2D eigenvalue weighted by molar-refractivity contribution is -0.140. The minimum atomic E-state index is -4.32. The Morgan fingerprint density at radius 2 is 1.93 bits per heavy atom. The third-order valence-electron chi connectivity index (χ3n) is 2.21. The van der Waals surface area contributed by atoms with E-state index in [9.17, 15) is 13.2 Å². The van der Waals surface area contributed by atoms with Crippen LogP contribution in [0.25, 0.3) is 10.9 Å². The molecule has 0 amide bonds. The first-order chi connectivity index (χ1) is 7.00. The van der Waals surface area contributed by atoms with E-state index in [0.717, 1.165) is 11.8 Å². The highest BCUT2D eigenvalue weighted by Gasteiger charge is 2.32. The molecule has 0 aliphatic carbocycles. The summed E-state index contributed by atoms with van der Waals surface area (Å²) in [5.41, 5.74) is 0.558. The highest BCUT2D eigenvalue weighted by Crippen LogP contribution is 2.31. The van der Waals surface area contributed by atoms with Crippen LogP contribution in [0.3, 0.4) is 0 Å². The molecule has 0 saturated carbocycles. The Morgan fingerprint density at radius 3 is 2.53 bits per heavy atom. The second kappa shape index (κ2) is 3.18. The summed E-state index contributed by atoms with van der Waals surface area (Å²) in [5, 5.41) is 3.42. The van der Waals surface area contributed by atoms with Crippen molar-refractivity contribution < 1.29 is 13.2 Å². The molecule has 0 radical (unpaired) electrons. The van der Waals surface area contributed by atoms with Crippen molar-refractivity contribution in [1.29, 1.82) is 0 Å². The second-order valence-electron chi connectivity index (χ2n) is 3.23. The molecule has 0 spiro atoms. The van der Waals surface area contributed by atoms with Gasteiger partial charge in [0.25, 0.3) is 0 Å². The third-order valence-corrected chi connectivity index (χ3v) is 2.21. The predicted octanol–water partition coefficient (Wildman–Crippen LogP) is 3.23. The second-order valence-corrected chi connectivity index (χ2v) is 3.23. The third kappa shape index (κ3) is 1.77. The minimum Gasteiger partial charge on any atom is -0.388 e. The first-order valence-electron chi connectivity index (χ1n) is 4.38. The monoisotopic (exact) mass is 214 g/mol. The van der Waals surface area contributed by atoms with E-state index in [4.69, 9.17) is 0 Å². The Balaban J connectivity index is 2.56. The zero-order valence-electron chi connectivity index (χ0n) is 7.94. The smallest absolute Gasteiger partial charge is 0.388 e. The molecule has 15 heavy (non-hydrogen) atoms. The van der Waals surface area contributed by atoms with Gasteiger partial charge in [-0.15, -0.1) is 0 Å². The number of hydrogen-bond donors (Lipinski definition) is 2. The van der Waals surface area contributed by atoms with Gasteiger partial charge >= 0.3 is 6.18 Å². The van der Waals surface area contributed by atoms with E-state index >= 15 is 0 Å². The van der Waals surface area contributed by atoms with Crippen LogP contribution in [-0.2, 0) is 6.18 Å². The lowest BCUT2D eigenvalue weighted by Gasteiger charge is -2.00. The number of alkyl halides is 3. The summed E-state index contributed by atoms with van der Waals surface area (Å²) in [6.07, 6.45) is -4.32. The van der Waals surface area contributed by atoms with Crippen LogP contribution < -0.4 is 5.32 Å². The van der Waals surface area contributed by atoms with Crippen molar-refractivity contribution in [2.45, 2.75) is 6.18 Å². The largest absolute Gasteiger partial charge is 0.431 e.